The molecule has 0 aliphatic rings. The lowest BCUT2D eigenvalue weighted by atomic mass is 10.1. The molecule has 0 aliphatic carbocycles. The highest BCUT2D eigenvalue weighted by Gasteiger charge is 2.16. The topological polar surface area (TPSA) is 46.3 Å². The molecule has 0 atom stereocenters. The van der Waals surface area contributed by atoms with Crippen molar-refractivity contribution in [2.24, 2.45) is 0 Å². The first-order valence-corrected chi connectivity index (χ1v) is 6.78. The van der Waals surface area contributed by atoms with E-state index in [1.54, 1.807) is 42.3 Å². The summed E-state index contributed by atoms with van der Waals surface area (Å²) in [5.41, 5.74) is 7.55. The predicted molar refractivity (Wildman–Crippen MR) is 83.1 cm³/mol. The van der Waals surface area contributed by atoms with Crippen molar-refractivity contribution in [2.45, 2.75) is 6.54 Å². The second-order valence-electron chi connectivity index (χ2n) is 4.49. The van der Waals surface area contributed by atoms with Crippen molar-refractivity contribution in [3.05, 3.63) is 63.6 Å². The second kappa shape index (κ2) is 6.16. The van der Waals surface area contributed by atoms with Crippen molar-refractivity contribution in [1.29, 1.82) is 0 Å². The van der Waals surface area contributed by atoms with Crippen molar-refractivity contribution in [3.8, 4) is 0 Å². The lowest BCUT2D eigenvalue weighted by Gasteiger charge is -2.18. The fourth-order valence-electron chi connectivity index (χ4n) is 1.86. The summed E-state index contributed by atoms with van der Waals surface area (Å²) in [4.78, 5) is 13.9. The van der Waals surface area contributed by atoms with Gasteiger partial charge in [0.2, 0.25) is 0 Å². The van der Waals surface area contributed by atoms with E-state index >= 15 is 0 Å². The Labute approximate surface area is 127 Å². The van der Waals surface area contributed by atoms with E-state index in [1.165, 1.54) is 0 Å². The van der Waals surface area contributed by atoms with E-state index in [-0.39, 0.29) is 5.91 Å². The minimum absolute atomic E-state index is 0.167. The van der Waals surface area contributed by atoms with Crippen LogP contribution in [0.3, 0.4) is 0 Å². The highest BCUT2D eigenvalue weighted by Crippen LogP contribution is 2.23. The minimum Gasteiger partial charge on any atom is -0.397 e. The van der Waals surface area contributed by atoms with E-state index < -0.39 is 0 Å². The number of amides is 1. The molecule has 0 aliphatic heterocycles. The molecule has 2 aromatic carbocycles. The molecule has 2 rings (SSSR count). The number of hydrogen-bond acceptors (Lipinski definition) is 2. The zero-order chi connectivity index (χ0) is 14.7. The molecule has 0 bridgehead atoms. The Kier molecular flexibility index (Phi) is 4.53. The van der Waals surface area contributed by atoms with Crippen LogP contribution in [0.25, 0.3) is 0 Å². The van der Waals surface area contributed by atoms with Gasteiger partial charge in [-0.1, -0.05) is 41.4 Å². The van der Waals surface area contributed by atoms with E-state index in [0.29, 0.717) is 27.8 Å². The molecule has 0 saturated heterocycles. The monoisotopic (exact) mass is 308 g/mol. The summed E-state index contributed by atoms with van der Waals surface area (Å²) in [6.07, 6.45) is 0. The van der Waals surface area contributed by atoms with Crippen LogP contribution in [0.15, 0.2) is 42.5 Å². The van der Waals surface area contributed by atoms with Gasteiger partial charge in [0.25, 0.3) is 5.91 Å². The van der Waals surface area contributed by atoms with E-state index in [2.05, 4.69) is 0 Å². The molecule has 0 saturated carbocycles. The maximum Gasteiger partial charge on any atom is 0.256 e. The van der Waals surface area contributed by atoms with Gasteiger partial charge in [0.1, 0.15) is 0 Å². The summed E-state index contributed by atoms with van der Waals surface area (Å²) in [5.74, 6) is -0.167. The first kappa shape index (κ1) is 14.7. The molecular formula is C15H14Cl2N2O. The number of para-hydroxylation sites is 1. The molecule has 2 N–H and O–H groups in total. The maximum atomic E-state index is 12.4. The van der Waals surface area contributed by atoms with Crippen LogP contribution in [0.1, 0.15) is 15.9 Å². The summed E-state index contributed by atoms with van der Waals surface area (Å²) >= 11 is 11.8. The molecule has 0 heterocycles. The van der Waals surface area contributed by atoms with Crippen LogP contribution in [-0.4, -0.2) is 17.9 Å². The Morgan fingerprint density at radius 2 is 1.80 bits per heavy atom. The lowest BCUT2D eigenvalue weighted by Crippen LogP contribution is -2.27. The largest absolute Gasteiger partial charge is 0.397 e. The number of nitrogens with zero attached hydrogens (tertiary/aromatic N) is 1. The number of carbonyl (C=O) groups excluding carboxylic acids is 1. The first-order chi connectivity index (χ1) is 9.49. The van der Waals surface area contributed by atoms with Crippen molar-refractivity contribution in [1.82, 2.24) is 4.90 Å². The summed E-state index contributed by atoms with van der Waals surface area (Å²) in [6.45, 7) is 0.474. The average Bonchev–Trinajstić information content (AvgIpc) is 2.43. The maximum absolute atomic E-state index is 12.4. The van der Waals surface area contributed by atoms with E-state index in [9.17, 15) is 4.79 Å². The lowest BCUT2D eigenvalue weighted by molar-refractivity contribution is 0.0786. The molecule has 0 fully saturated rings. The number of benzene rings is 2. The summed E-state index contributed by atoms with van der Waals surface area (Å²) in [5, 5.41) is 1.05. The fourth-order valence-corrected chi connectivity index (χ4v) is 2.17. The zero-order valence-electron chi connectivity index (χ0n) is 10.9. The van der Waals surface area contributed by atoms with E-state index in [1.807, 2.05) is 12.1 Å². The van der Waals surface area contributed by atoms with Crippen LogP contribution >= 0.6 is 23.2 Å². The number of rotatable bonds is 3. The van der Waals surface area contributed by atoms with Crippen LogP contribution in [-0.2, 0) is 6.54 Å². The molecule has 0 radical (unpaired) electrons. The van der Waals surface area contributed by atoms with Gasteiger partial charge in [-0.3, -0.25) is 4.79 Å². The third-order valence-corrected chi connectivity index (χ3v) is 3.54. The summed E-state index contributed by atoms with van der Waals surface area (Å²) in [6, 6.07) is 12.4. The van der Waals surface area contributed by atoms with Gasteiger partial charge in [-0.25, -0.2) is 0 Å². The van der Waals surface area contributed by atoms with Crippen LogP contribution < -0.4 is 5.73 Å². The minimum atomic E-state index is -0.167. The molecule has 0 spiro atoms. The quantitative estimate of drug-likeness (QED) is 0.875. The van der Waals surface area contributed by atoms with E-state index in [4.69, 9.17) is 28.9 Å². The van der Waals surface area contributed by atoms with Gasteiger partial charge in [0.05, 0.1) is 16.3 Å². The number of nitrogen functional groups attached to an aromatic ring is 1. The van der Waals surface area contributed by atoms with Gasteiger partial charge in [0, 0.05) is 18.6 Å². The predicted octanol–water partition coefficient (Wildman–Crippen LogP) is 3.85. The molecule has 0 aromatic heterocycles. The number of carbonyl (C=O) groups is 1. The fraction of sp³-hybridized carbons (Fsp3) is 0.133. The van der Waals surface area contributed by atoms with Gasteiger partial charge >= 0.3 is 0 Å². The number of halogens is 2. The van der Waals surface area contributed by atoms with Crippen molar-refractivity contribution < 1.29 is 4.79 Å². The van der Waals surface area contributed by atoms with Crippen LogP contribution in [0.5, 0.6) is 0 Å². The van der Waals surface area contributed by atoms with Crippen molar-refractivity contribution in [2.75, 3.05) is 12.8 Å². The molecule has 1 amide bonds. The SMILES string of the molecule is CN(Cc1ccc(Cl)cc1)C(=O)c1cccc(Cl)c1N. The number of hydrogen-bond donors (Lipinski definition) is 1. The third-order valence-electron chi connectivity index (χ3n) is 2.96. The average molecular weight is 309 g/mol. The van der Waals surface area contributed by atoms with Crippen LogP contribution in [0.4, 0.5) is 5.69 Å². The Morgan fingerprint density at radius 3 is 2.45 bits per heavy atom. The summed E-state index contributed by atoms with van der Waals surface area (Å²) in [7, 11) is 1.72. The smallest absolute Gasteiger partial charge is 0.256 e. The van der Waals surface area contributed by atoms with Crippen molar-refractivity contribution >= 4 is 34.8 Å². The van der Waals surface area contributed by atoms with Crippen molar-refractivity contribution in [3.63, 3.8) is 0 Å². The highest BCUT2D eigenvalue weighted by atomic mass is 35.5. The van der Waals surface area contributed by atoms with Gasteiger partial charge in [-0.05, 0) is 29.8 Å². The first-order valence-electron chi connectivity index (χ1n) is 6.03. The van der Waals surface area contributed by atoms with Gasteiger partial charge in [0.15, 0.2) is 0 Å². The Balaban J connectivity index is 2.16. The molecule has 0 unspecified atom stereocenters. The molecule has 5 heteroatoms. The normalized spacial score (nSPS) is 10.3. The Hall–Kier alpha value is -1.71. The zero-order valence-corrected chi connectivity index (χ0v) is 12.4. The number of anilines is 1. The van der Waals surface area contributed by atoms with E-state index in [0.717, 1.165) is 5.56 Å². The molecular weight excluding hydrogens is 295 g/mol. The molecule has 2 aromatic rings. The molecule has 3 nitrogen and oxygen atoms in total. The Bertz CT molecular complexity index is 626. The van der Waals surface area contributed by atoms with Crippen LogP contribution in [0.2, 0.25) is 10.0 Å². The highest BCUT2D eigenvalue weighted by molar-refractivity contribution is 6.34. The number of nitrogens with two attached hydrogens (primary N) is 1. The van der Waals surface area contributed by atoms with Gasteiger partial charge in [-0.15, -0.1) is 0 Å². The standard InChI is InChI=1S/C15H14Cl2N2O/c1-19(9-10-5-7-11(16)8-6-10)15(20)12-3-2-4-13(17)14(12)18/h2-8H,9,18H2,1H3. The molecule has 20 heavy (non-hydrogen) atoms. The van der Waals surface area contributed by atoms with Gasteiger partial charge in [-0.2, -0.15) is 0 Å². The third kappa shape index (κ3) is 3.24. The summed E-state index contributed by atoms with van der Waals surface area (Å²) < 4.78 is 0. The Morgan fingerprint density at radius 1 is 1.15 bits per heavy atom. The second-order valence-corrected chi connectivity index (χ2v) is 5.33. The van der Waals surface area contributed by atoms with Gasteiger partial charge < -0.3 is 10.6 Å². The molecule has 104 valence electrons. The van der Waals surface area contributed by atoms with Crippen LogP contribution in [0, 0.1) is 0 Å².